The lowest BCUT2D eigenvalue weighted by Gasteiger charge is -2.15. The molecule has 23 heavy (non-hydrogen) atoms. The highest BCUT2D eigenvalue weighted by molar-refractivity contribution is 7.99. The molecule has 3 rings (SSSR count). The molecular formula is C16H17N5OS. The van der Waals surface area contributed by atoms with Crippen molar-refractivity contribution in [2.75, 3.05) is 5.75 Å². The highest BCUT2D eigenvalue weighted by Gasteiger charge is 2.12. The quantitative estimate of drug-likeness (QED) is 0.728. The number of hydrogen-bond acceptors (Lipinski definition) is 5. The molecule has 0 saturated heterocycles. The Bertz CT molecular complexity index is 832. The molecule has 0 fully saturated rings. The molecule has 118 valence electrons. The number of thioether (sulfide) groups is 1. The number of amides is 1. The highest BCUT2D eigenvalue weighted by Crippen LogP contribution is 2.20. The number of hydrogen-bond donors (Lipinski definition) is 1. The van der Waals surface area contributed by atoms with E-state index in [9.17, 15) is 4.79 Å². The fraction of sp³-hybridized carbons (Fsp3) is 0.250. The fourth-order valence-electron chi connectivity index (χ4n) is 2.32. The number of carbonyl (C=O) groups is 1. The minimum Gasteiger partial charge on any atom is -0.349 e. The molecule has 0 spiro atoms. The lowest BCUT2D eigenvalue weighted by atomic mass is 10.0. The van der Waals surface area contributed by atoms with Gasteiger partial charge >= 0.3 is 0 Å². The third-order valence-electron chi connectivity index (χ3n) is 3.56. The zero-order chi connectivity index (χ0) is 16.2. The second-order valence-corrected chi connectivity index (χ2v) is 6.21. The Morgan fingerprint density at radius 3 is 2.78 bits per heavy atom. The molecular weight excluding hydrogens is 310 g/mol. The first-order valence-electron chi connectivity index (χ1n) is 7.26. The summed E-state index contributed by atoms with van der Waals surface area (Å²) in [6, 6.07) is 14.4. The van der Waals surface area contributed by atoms with Gasteiger partial charge in [0.1, 0.15) is 0 Å². The Kier molecular flexibility index (Phi) is 4.57. The zero-order valence-corrected chi connectivity index (χ0v) is 13.7. The number of aryl methyl sites for hydroxylation is 1. The van der Waals surface area contributed by atoms with Crippen LogP contribution in [-0.4, -0.2) is 31.9 Å². The SMILES string of the molecule is CC(NC(=O)CSc1nnnn1C)c1ccc2ccccc2c1. The molecule has 6 nitrogen and oxygen atoms in total. The number of carbonyl (C=O) groups excluding carboxylic acids is 1. The van der Waals surface area contributed by atoms with Crippen LogP contribution in [0.3, 0.4) is 0 Å². The van der Waals surface area contributed by atoms with Gasteiger partial charge in [0.05, 0.1) is 11.8 Å². The van der Waals surface area contributed by atoms with Gasteiger partial charge in [0.25, 0.3) is 0 Å². The number of aromatic nitrogens is 4. The topological polar surface area (TPSA) is 72.7 Å². The van der Waals surface area contributed by atoms with E-state index in [1.165, 1.54) is 22.5 Å². The summed E-state index contributed by atoms with van der Waals surface area (Å²) in [5.41, 5.74) is 1.09. The lowest BCUT2D eigenvalue weighted by Crippen LogP contribution is -2.28. The van der Waals surface area contributed by atoms with E-state index in [1.54, 1.807) is 11.7 Å². The van der Waals surface area contributed by atoms with Gasteiger partial charge in [0.15, 0.2) is 0 Å². The summed E-state index contributed by atoms with van der Waals surface area (Å²) in [5.74, 6) is 0.241. The van der Waals surface area contributed by atoms with Gasteiger partial charge in [-0.2, -0.15) is 0 Å². The van der Waals surface area contributed by atoms with Crippen molar-refractivity contribution in [2.24, 2.45) is 7.05 Å². The molecule has 1 heterocycles. The van der Waals surface area contributed by atoms with Crippen molar-refractivity contribution >= 4 is 28.4 Å². The first-order chi connectivity index (χ1) is 11.1. The molecule has 0 bridgehead atoms. The molecule has 7 heteroatoms. The number of nitrogens with zero attached hydrogens (tertiary/aromatic N) is 4. The first-order valence-corrected chi connectivity index (χ1v) is 8.25. The summed E-state index contributed by atoms with van der Waals surface area (Å²) in [4.78, 5) is 12.1. The zero-order valence-electron chi connectivity index (χ0n) is 12.9. The third-order valence-corrected chi connectivity index (χ3v) is 4.58. The van der Waals surface area contributed by atoms with Crippen molar-refractivity contribution in [1.82, 2.24) is 25.5 Å². The van der Waals surface area contributed by atoms with Gasteiger partial charge in [-0.25, -0.2) is 4.68 Å². The van der Waals surface area contributed by atoms with Crippen LogP contribution in [0.5, 0.6) is 0 Å². The molecule has 3 aromatic rings. The first kappa shape index (κ1) is 15.5. The molecule has 2 aromatic carbocycles. The number of rotatable bonds is 5. The normalized spacial score (nSPS) is 12.3. The Morgan fingerprint density at radius 2 is 2.04 bits per heavy atom. The number of nitrogens with one attached hydrogen (secondary N) is 1. The Labute approximate surface area is 138 Å². The van der Waals surface area contributed by atoms with Gasteiger partial charge in [-0.1, -0.05) is 48.2 Å². The molecule has 0 aliphatic heterocycles. The van der Waals surface area contributed by atoms with Crippen LogP contribution >= 0.6 is 11.8 Å². The summed E-state index contributed by atoms with van der Waals surface area (Å²) in [6.07, 6.45) is 0. The van der Waals surface area contributed by atoms with Crippen molar-refractivity contribution in [3.05, 3.63) is 48.0 Å². The maximum atomic E-state index is 12.1. The molecule has 0 saturated carbocycles. The van der Waals surface area contributed by atoms with Crippen molar-refractivity contribution in [3.63, 3.8) is 0 Å². The standard InChI is InChI=1S/C16H17N5OS/c1-11(13-8-7-12-5-3-4-6-14(12)9-13)17-15(22)10-23-16-18-19-20-21(16)2/h3-9,11H,10H2,1-2H3,(H,17,22). The van der Waals surface area contributed by atoms with E-state index in [-0.39, 0.29) is 17.7 Å². The van der Waals surface area contributed by atoms with Gasteiger partial charge in [-0.15, -0.1) is 5.10 Å². The monoisotopic (exact) mass is 327 g/mol. The van der Waals surface area contributed by atoms with E-state index in [1.807, 2.05) is 25.1 Å². The predicted molar refractivity (Wildman–Crippen MR) is 90.0 cm³/mol. The molecule has 1 aromatic heterocycles. The van der Waals surface area contributed by atoms with Gasteiger partial charge < -0.3 is 5.32 Å². The van der Waals surface area contributed by atoms with Crippen LogP contribution in [0.2, 0.25) is 0 Å². The Balaban J connectivity index is 1.62. The summed E-state index contributed by atoms with van der Waals surface area (Å²) in [6.45, 7) is 1.98. The number of benzene rings is 2. The summed E-state index contributed by atoms with van der Waals surface area (Å²) < 4.78 is 1.55. The fourth-order valence-corrected chi connectivity index (χ4v) is 2.98. The number of fused-ring (bicyclic) bond motifs is 1. The van der Waals surface area contributed by atoms with Gasteiger partial charge in [0.2, 0.25) is 11.1 Å². The van der Waals surface area contributed by atoms with E-state index in [2.05, 4.69) is 45.1 Å². The van der Waals surface area contributed by atoms with Gasteiger partial charge in [0, 0.05) is 7.05 Å². The second kappa shape index (κ2) is 6.78. The maximum absolute atomic E-state index is 12.1. The molecule has 0 aliphatic rings. The van der Waals surface area contributed by atoms with E-state index in [4.69, 9.17) is 0 Å². The largest absolute Gasteiger partial charge is 0.349 e. The average Bonchev–Trinajstić information content (AvgIpc) is 2.97. The Morgan fingerprint density at radius 1 is 1.26 bits per heavy atom. The predicted octanol–water partition coefficient (Wildman–Crippen LogP) is 2.33. The van der Waals surface area contributed by atoms with E-state index in [0.717, 1.165) is 5.56 Å². The summed E-state index contributed by atoms with van der Waals surface area (Å²) in [5, 5.41) is 17.1. The molecule has 0 aliphatic carbocycles. The van der Waals surface area contributed by atoms with Gasteiger partial charge in [-0.3, -0.25) is 4.79 Å². The second-order valence-electron chi connectivity index (χ2n) is 5.27. The molecule has 1 unspecified atom stereocenters. The van der Waals surface area contributed by atoms with Crippen LogP contribution < -0.4 is 5.32 Å². The van der Waals surface area contributed by atoms with Crippen molar-refractivity contribution in [3.8, 4) is 0 Å². The average molecular weight is 327 g/mol. The van der Waals surface area contributed by atoms with Crippen molar-refractivity contribution < 1.29 is 4.79 Å². The van der Waals surface area contributed by atoms with Crippen LogP contribution in [0.15, 0.2) is 47.6 Å². The van der Waals surface area contributed by atoms with Crippen LogP contribution in [0.4, 0.5) is 0 Å². The van der Waals surface area contributed by atoms with E-state index >= 15 is 0 Å². The summed E-state index contributed by atoms with van der Waals surface area (Å²) >= 11 is 1.32. The molecule has 1 atom stereocenters. The minimum atomic E-state index is -0.0506. The smallest absolute Gasteiger partial charge is 0.230 e. The third kappa shape index (κ3) is 3.68. The maximum Gasteiger partial charge on any atom is 0.230 e. The minimum absolute atomic E-state index is 0.0429. The number of tetrazole rings is 1. The highest BCUT2D eigenvalue weighted by atomic mass is 32.2. The van der Waals surface area contributed by atoms with E-state index in [0.29, 0.717) is 5.16 Å². The van der Waals surface area contributed by atoms with Gasteiger partial charge in [-0.05, 0) is 39.8 Å². The lowest BCUT2D eigenvalue weighted by molar-refractivity contribution is -0.119. The molecule has 0 radical (unpaired) electrons. The van der Waals surface area contributed by atoms with Crippen LogP contribution in [0.1, 0.15) is 18.5 Å². The van der Waals surface area contributed by atoms with Crippen LogP contribution in [-0.2, 0) is 11.8 Å². The molecule has 1 amide bonds. The van der Waals surface area contributed by atoms with Crippen LogP contribution in [0, 0.1) is 0 Å². The van der Waals surface area contributed by atoms with Crippen molar-refractivity contribution in [1.29, 1.82) is 0 Å². The summed E-state index contributed by atoms with van der Waals surface area (Å²) in [7, 11) is 1.75. The van der Waals surface area contributed by atoms with Crippen molar-refractivity contribution in [2.45, 2.75) is 18.1 Å². The van der Waals surface area contributed by atoms with E-state index < -0.39 is 0 Å². The van der Waals surface area contributed by atoms with Crippen LogP contribution in [0.25, 0.3) is 10.8 Å². The Hall–Kier alpha value is -2.41. The molecule has 1 N–H and O–H groups in total.